The van der Waals surface area contributed by atoms with E-state index in [4.69, 9.17) is 9.72 Å². The van der Waals surface area contributed by atoms with Gasteiger partial charge in [-0.1, -0.05) is 19.8 Å². The van der Waals surface area contributed by atoms with Crippen molar-refractivity contribution in [3.8, 4) is 22.5 Å². The monoisotopic (exact) mass is 418 g/mol. The first-order chi connectivity index (χ1) is 15.1. The molecule has 31 heavy (non-hydrogen) atoms. The molecule has 1 N–H and O–H groups in total. The highest BCUT2D eigenvalue weighted by Crippen LogP contribution is 2.49. The molecule has 7 heteroatoms. The Bertz CT molecular complexity index is 1070. The van der Waals surface area contributed by atoms with E-state index >= 15 is 0 Å². The van der Waals surface area contributed by atoms with Crippen LogP contribution in [0, 0.1) is 12.8 Å². The van der Waals surface area contributed by atoms with Crippen LogP contribution in [0.25, 0.3) is 22.5 Å². The molecule has 0 spiro atoms. The molecule has 0 amide bonds. The number of aromatic nitrogens is 6. The fourth-order valence-electron chi connectivity index (χ4n) is 5.60. The van der Waals surface area contributed by atoms with Gasteiger partial charge in [0, 0.05) is 30.1 Å². The van der Waals surface area contributed by atoms with Crippen molar-refractivity contribution >= 4 is 0 Å². The number of fused-ring (bicyclic) bond motifs is 1. The summed E-state index contributed by atoms with van der Waals surface area (Å²) in [6.45, 7) is 5.03. The van der Waals surface area contributed by atoms with Gasteiger partial charge in [0.15, 0.2) is 0 Å². The first-order valence-corrected chi connectivity index (χ1v) is 11.3. The molecule has 0 radical (unpaired) electrons. The number of H-pyrrole nitrogens is 1. The molecule has 7 nitrogen and oxygen atoms in total. The number of nitrogens with one attached hydrogen (secondary N) is 1. The second-order valence-electron chi connectivity index (χ2n) is 9.33. The highest BCUT2D eigenvalue weighted by Gasteiger charge is 2.42. The highest BCUT2D eigenvalue weighted by atomic mass is 16.5. The Balaban J connectivity index is 1.87. The van der Waals surface area contributed by atoms with Crippen LogP contribution in [0.1, 0.15) is 61.7 Å². The lowest BCUT2D eigenvalue weighted by Crippen LogP contribution is -2.32. The van der Waals surface area contributed by atoms with Crippen molar-refractivity contribution in [2.75, 3.05) is 13.7 Å². The van der Waals surface area contributed by atoms with Crippen molar-refractivity contribution in [3.05, 3.63) is 41.0 Å². The summed E-state index contributed by atoms with van der Waals surface area (Å²) in [6.07, 6.45) is 9.61. The Kier molecular flexibility index (Phi) is 5.30. The molecule has 3 heterocycles. The van der Waals surface area contributed by atoms with E-state index in [1.165, 1.54) is 36.1 Å². The van der Waals surface area contributed by atoms with Crippen molar-refractivity contribution in [2.45, 2.75) is 64.2 Å². The van der Waals surface area contributed by atoms with Gasteiger partial charge < -0.3 is 4.74 Å². The highest BCUT2D eigenvalue weighted by molar-refractivity contribution is 5.86. The predicted octanol–water partition coefficient (Wildman–Crippen LogP) is 4.22. The SMILES string of the molecule is COCC1(c2nc3c(c(-c4ccnc(C)c4)c2-c2nn[nH]n2)CC(C)CC3)CCCC1. The summed E-state index contributed by atoms with van der Waals surface area (Å²) in [5.41, 5.74) is 7.93. The average molecular weight is 419 g/mol. The van der Waals surface area contributed by atoms with E-state index in [1.54, 1.807) is 7.11 Å². The topological polar surface area (TPSA) is 89.5 Å². The smallest absolute Gasteiger partial charge is 0.207 e. The standard InChI is InChI=1S/C24H30N6O/c1-15-6-7-19-18(12-15)20(17-8-11-25-16(2)13-17)21(23-27-29-30-28-23)22(26-19)24(14-31-3)9-4-5-10-24/h8,11,13,15H,4-7,9-10,12,14H2,1-3H3,(H,27,28,29,30). The van der Waals surface area contributed by atoms with Gasteiger partial charge in [-0.2, -0.15) is 5.21 Å². The van der Waals surface area contributed by atoms with E-state index in [0.29, 0.717) is 18.3 Å². The Labute approximate surface area is 183 Å². The third-order valence-electron chi connectivity index (χ3n) is 7.05. The minimum absolute atomic E-state index is 0.111. The number of methoxy groups -OCH3 is 1. The number of nitrogens with zero attached hydrogens (tertiary/aromatic N) is 5. The van der Waals surface area contributed by atoms with E-state index in [9.17, 15) is 0 Å². The van der Waals surface area contributed by atoms with Crippen LogP contribution in [0.4, 0.5) is 0 Å². The number of hydrogen-bond donors (Lipinski definition) is 1. The number of pyridine rings is 2. The van der Waals surface area contributed by atoms with Gasteiger partial charge in [0.25, 0.3) is 0 Å². The van der Waals surface area contributed by atoms with Crippen LogP contribution < -0.4 is 0 Å². The third kappa shape index (κ3) is 3.55. The molecule has 0 aromatic carbocycles. The summed E-state index contributed by atoms with van der Waals surface area (Å²) in [4.78, 5) is 9.81. The number of hydrogen-bond acceptors (Lipinski definition) is 6. The van der Waals surface area contributed by atoms with Crippen LogP contribution >= 0.6 is 0 Å². The number of aryl methyl sites for hydroxylation is 2. The van der Waals surface area contributed by atoms with E-state index in [2.05, 4.69) is 44.7 Å². The van der Waals surface area contributed by atoms with Gasteiger partial charge in [-0.15, -0.1) is 10.2 Å². The molecule has 3 aromatic heterocycles. The van der Waals surface area contributed by atoms with E-state index in [1.807, 2.05) is 13.1 Å². The number of ether oxygens (including phenoxy) is 1. The second kappa shape index (κ2) is 8.11. The summed E-state index contributed by atoms with van der Waals surface area (Å²) in [7, 11) is 1.79. The Morgan fingerprint density at radius 3 is 2.77 bits per heavy atom. The van der Waals surface area contributed by atoms with Crippen LogP contribution in [0.3, 0.4) is 0 Å². The second-order valence-corrected chi connectivity index (χ2v) is 9.33. The quantitative estimate of drug-likeness (QED) is 0.667. The molecule has 1 atom stereocenters. The van der Waals surface area contributed by atoms with Crippen LogP contribution in [0.2, 0.25) is 0 Å². The third-order valence-corrected chi connectivity index (χ3v) is 7.05. The minimum Gasteiger partial charge on any atom is -0.384 e. The zero-order chi connectivity index (χ0) is 21.4. The molecule has 0 saturated heterocycles. The first-order valence-electron chi connectivity index (χ1n) is 11.3. The Morgan fingerprint density at radius 1 is 1.23 bits per heavy atom. The van der Waals surface area contributed by atoms with Crippen LogP contribution in [-0.2, 0) is 23.0 Å². The van der Waals surface area contributed by atoms with Gasteiger partial charge in [0.2, 0.25) is 5.82 Å². The molecule has 2 aliphatic carbocycles. The Hall–Kier alpha value is -2.67. The maximum atomic E-state index is 5.77. The Morgan fingerprint density at radius 2 is 2.06 bits per heavy atom. The molecule has 2 aliphatic rings. The van der Waals surface area contributed by atoms with Crippen LogP contribution in [0.15, 0.2) is 18.3 Å². The van der Waals surface area contributed by atoms with E-state index < -0.39 is 0 Å². The molecule has 162 valence electrons. The van der Waals surface area contributed by atoms with Gasteiger partial charge in [0.05, 0.1) is 17.9 Å². The average Bonchev–Trinajstić information content (AvgIpc) is 3.45. The first kappa shape index (κ1) is 20.2. The predicted molar refractivity (Wildman–Crippen MR) is 119 cm³/mol. The summed E-state index contributed by atoms with van der Waals surface area (Å²) in [6, 6.07) is 4.27. The number of rotatable bonds is 5. The van der Waals surface area contributed by atoms with Gasteiger partial charge in [-0.25, -0.2) is 0 Å². The summed E-state index contributed by atoms with van der Waals surface area (Å²) < 4.78 is 5.77. The maximum absolute atomic E-state index is 5.77. The molecule has 0 aliphatic heterocycles. The normalized spacial score (nSPS) is 20.0. The maximum Gasteiger partial charge on any atom is 0.207 e. The number of aromatic amines is 1. The van der Waals surface area contributed by atoms with Crippen molar-refractivity contribution in [1.29, 1.82) is 0 Å². The summed E-state index contributed by atoms with van der Waals surface area (Å²) in [5.74, 6) is 1.25. The van der Waals surface area contributed by atoms with Gasteiger partial charge in [-0.3, -0.25) is 9.97 Å². The lowest BCUT2D eigenvalue weighted by atomic mass is 9.75. The van der Waals surface area contributed by atoms with Crippen molar-refractivity contribution in [3.63, 3.8) is 0 Å². The summed E-state index contributed by atoms with van der Waals surface area (Å²) >= 11 is 0. The molecule has 3 aromatic rings. The largest absolute Gasteiger partial charge is 0.384 e. The molecule has 1 saturated carbocycles. The zero-order valence-corrected chi connectivity index (χ0v) is 18.6. The minimum atomic E-state index is -0.111. The van der Waals surface area contributed by atoms with E-state index in [-0.39, 0.29) is 5.41 Å². The fraction of sp³-hybridized carbons (Fsp3) is 0.542. The van der Waals surface area contributed by atoms with Gasteiger partial charge in [-0.05, 0) is 79.0 Å². The lowest BCUT2D eigenvalue weighted by molar-refractivity contribution is 0.129. The van der Waals surface area contributed by atoms with E-state index in [0.717, 1.165) is 48.2 Å². The molecule has 1 fully saturated rings. The fourth-order valence-corrected chi connectivity index (χ4v) is 5.60. The molecule has 5 rings (SSSR count). The van der Waals surface area contributed by atoms with Crippen molar-refractivity contribution < 1.29 is 4.74 Å². The van der Waals surface area contributed by atoms with Crippen LogP contribution in [0.5, 0.6) is 0 Å². The molecular weight excluding hydrogens is 388 g/mol. The van der Waals surface area contributed by atoms with Gasteiger partial charge >= 0.3 is 0 Å². The number of tetrazole rings is 1. The van der Waals surface area contributed by atoms with Crippen molar-refractivity contribution in [2.24, 2.45) is 5.92 Å². The molecular formula is C24H30N6O. The molecule has 0 bridgehead atoms. The zero-order valence-electron chi connectivity index (χ0n) is 18.6. The summed E-state index contributed by atoms with van der Waals surface area (Å²) in [5, 5.41) is 15.5. The van der Waals surface area contributed by atoms with Gasteiger partial charge in [0.1, 0.15) is 0 Å². The van der Waals surface area contributed by atoms with Crippen LogP contribution in [-0.4, -0.2) is 44.3 Å². The molecule has 1 unspecified atom stereocenters. The lowest BCUT2D eigenvalue weighted by Gasteiger charge is -2.33. The van der Waals surface area contributed by atoms with Crippen molar-refractivity contribution in [1.82, 2.24) is 30.6 Å².